The minimum absolute atomic E-state index is 0. The van der Waals surface area contributed by atoms with E-state index in [2.05, 4.69) is 49.6 Å². The van der Waals surface area contributed by atoms with E-state index in [1.54, 1.807) is 0 Å². The van der Waals surface area contributed by atoms with Gasteiger partial charge in [0.2, 0.25) is 17.6 Å². The number of aromatic nitrogens is 9. The van der Waals surface area contributed by atoms with Crippen LogP contribution in [0.25, 0.3) is 50.9 Å². The molecule has 3 aromatic carbocycles. The Kier molecular flexibility index (Phi) is 19.2. The number of aromatic amines is 3. The number of rotatable bonds is 15. The number of nitrogens with one attached hydrogen (secondary N) is 3. The molecule has 0 unspecified atom stereocenters. The fourth-order valence-corrected chi connectivity index (χ4v) is 8.64. The van der Waals surface area contributed by atoms with Crippen molar-refractivity contribution in [3.8, 4) is 17.6 Å². The first-order valence-electron chi connectivity index (χ1n) is 24.6. The number of aryl methyl sites for hydroxylation is 3. The van der Waals surface area contributed by atoms with Gasteiger partial charge in [-0.05, 0) is 74.9 Å². The Bertz CT molecular complexity index is 3640. The number of ether oxygens (including phenoxy) is 3. The van der Waals surface area contributed by atoms with E-state index >= 15 is 0 Å². The zero-order valence-electron chi connectivity index (χ0n) is 45.5. The first-order chi connectivity index (χ1) is 37.3. The average Bonchev–Trinajstić information content (AvgIpc) is 4.28. The van der Waals surface area contributed by atoms with Crippen molar-refractivity contribution in [3.63, 3.8) is 0 Å². The fourth-order valence-electron chi connectivity index (χ4n) is 8.64. The molecule has 0 spiro atoms. The number of benzene rings is 3. The molecule has 410 valence electrons. The van der Waals surface area contributed by atoms with Gasteiger partial charge in [-0.1, -0.05) is 128 Å². The molecule has 9 rings (SSSR count). The summed E-state index contributed by atoms with van der Waals surface area (Å²) in [6.45, 7) is 22.1. The summed E-state index contributed by atoms with van der Waals surface area (Å²) in [5.74, 6) is 0.701. The van der Waals surface area contributed by atoms with Gasteiger partial charge >= 0.3 is 16.7 Å². The summed E-state index contributed by atoms with van der Waals surface area (Å²) in [6, 6.07) is 17.9. The smallest absolute Gasteiger partial charge is 0.304 e. The van der Waals surface area contributed by atoms with Crippen LogP contribution in [0.4, 0.5) is 0 Å². The summed E-state index contributed by atoms with van der Waals surface area (Å²) in [5, 5.41) is 33.7. The van der Waals surface area contributed by atoms with Crippen LogP contribution < -0.4 is 30.9 Å². The Labute approximate surface area is 466 Å². The Morgan fingerprint density at radius 2 is 0.747 bits per heavy atom. The standard InChI is InChI=1S/3C20H21N3O3.Fe/c3*1-12(2)8-9-14-6-5-7-16-15(11-21-18(14)16)10-17-19(26-4)22-13(3)20(24)23(17)25;/h3*5-9,11,21,25H,1,10H2,2-4H3;/b3*9-8+;. The van der Waals surface area contributed by atoms with Gasteiger partial charge < -0.3 is 44.8 Å². The molecule has 0 aliphatic heterocycles. The summed E-state index contributed by atoms with van der Waals surface area (Å²) < 4.78 is 17.6. The number of fused-ring (bicyclic) bond motifs is 3. The van der Waals surface area contributed by atoms with E-state index in [0.29, 0.717) is 50.5 Å². The van der Waals surface area contributed by atoms with Crippen LogP contribution in [0.3, 0.4) is 0 Å². The number of para-hydroxylation sites is 3. The van der Waals surface area contributed by atoms with Crippen molar-refractivity contribution in [2.75, 3.05) is 21.3 Å². The van der Waals surface area contributed by atoms with Crippen molar-refractivity contribution in [1.29, 1.82) is 0 Å². The maximum Gasteiger partial charge on any atom is 0.304 e. The van der Waals surface area contributed by atoms with Gasteiger partial charge in [-0.15, -0.1) is 14.2 Å². The Morgan fingerprint density at radius 3 is 0.975 bits per heavy atom. The predicted molar refractivity (Wildman–Crippen MR) is 306 cm³/mol. The first-order valence-corrected chi connectivity index (χ1v) is 24.6. The van der Waals surface area contributed by atoms with Gasteiger partial charge in [-0.3, -0.25) is 14.4 Å². The molecule has 19 heteroatoms. The molecule has 18 nitrogen and oxygen atoms in total. The maximum atomic E-state index is 12.0. The fraction of sp³-hybridized carbons (Fsp3) is 0.200. The van der Waals surface area contributed by atoms with E-state index in [0.717, 1.165) is 82.8 Å². The third-order valence-corrected chi connectivity index (χ3v) is 12.6. The van der Waals surface area contributed by atoms with Crippen LogP contribution in [0.15, 0.2) is 142 Å². The number of hydrogen-bond donors (Lipinski definition) is 6. The number of H-pyrrole nitrogens is 3. The van der Waals surface area contributed by atoms with E-state index in [4.69, 9.17) is 14.2 Å². The van der Waals surface area contributed by atoms with Crippen LogP contribution in [0, 0.1) is 20.8 Å². The van der Waals surface area contributed by atoms with Gasteiger partial charge in [0.1, 0.15) is 34.2 Å². The first kappa shape index (κ1) is 58.9. The van der Waals surface area contributed by atoms with Gasteiger partial charge in [-0.25, -0.2) is 15.0 Å². The molecule has 0 bridgehead atoms. The second-order valence-corrected chi connectivity index (χ2v) is 18.6. The topological polar surface area (TPSA) is 240 Å². The van der Waals surface area contributed by atoms with Crippen molar-refractivity contribution in [3.05, 3.63) is 226 Å². The molecule has 9 aromatic rings. The van der Waals surface area contributed by atoms with Crippen LogP contribution >= 0.6 is 0 Å². The SMILES string of the molecule is C=C(C)/C=C/c1cccc2c(Cc3c(OC)nc(C)c(=O)n3O)c[nH]c12.C=C(C)/C=C/c1cccc2c(Cc3c(OC)nc(C)c(=O)n3O)c[nH]c12.C=C(C)/C=C/c1cccc2c(Cc3c(OC)nc(C)c(=O)n3O)c[nH]c12.[Fe]. The molecule has 0 aliphatic carbocycles. The molecular formula is C60H63FeN9O9. The Hall–Kier alpha value is -9.32. The molecule has 0 fully saturated rings. The Balaban J connectivity index is 0.000000190. The van der Waals surface area contributed by atoms with Crippen LogP contribution in [0.5, 0.6) is 17.6 Å². The van der Waals surface area contributed by atoms with Gasteiger partial charge in [0.25, 0.3) is 0 Å². The molecule has 0 atom stereocenters. The third-order valence-electron chi connectivity index (χ3n) is 12.6. The van der Waals surface area contributed by atoms with Crippen molar-refractivity contribution in [2.24, 2.45) is 0 Å². The summed E-state index contributed by atoms with van der Waals surface area (Å²) in [5.41, 5.74) is 11.5. The normalized spacial score (nSPS) is 11.2. The third kappa shape index (κ3) is 13.1. The maximum absolute atomic E-state index is 12.0. The second-order valence-electron chi connectivity index (χ2n) is 18.6. The number of nitrogens with zero attached hydrogens (tertiary/aromatic N) is 6. The minimum atomic E-state index is -0.550. The molecule has 0 saturated carbocycles. The number of methoxy groups -OCH3 is 3. The number of hydrogen-bond acceptors (Lipinski definition) is 12. The molecule has 79 heavy (non-hydrogen) atoms. The van der Waals surface area contributed by atoms with Crippen LogP contribution in [0.1, 0.15) is 88.3 Å². The average molecular weight is 1110 g/mol. The molecular weight excluding hydrogens is 1050 g/mol. The largest absolute Gasteiger partial charge is 0.480 e. The zero-order chi connectivity index (χ0) is 56.5. The van der Waals surface area contributed by atoms with Crippen LogP contribution in [-0.2, 0) is 36.3 Å². The minimum Gasteiger partial charge on any atom is -0.480 e. The van der Waals surface area contributed by atoms with Crippen molar-refractivity contribution < 1.29 is 46.9 Å². The van der Waals surface area contributed by atoms with Crippen LogP contribution in [0.2, 0.25) is 0 Å². The summed E-state index contributed by atoms with van der Waals surface area (Å²) >= 11 is 0. The van der Waals surface area contributed by atoms with E-state index < -0.39 is 16.7 Å². The Morgan fingerprint density at radius 1 is 0.494 bits per heavy atom. The van der Waals surface area contributed by atoms with Crippen LogP contribution in [-0.4, -0.2) is 81.0 Å². The van der Waals surface area contributed by atoms with Gasteiger partial charge in [0, 0.05) is 71.1 Å². The monoisotopic (exact) mass is 1110 g/mol. The summed E-state index contributed by atoms with van der Waals surface area (Å²) in [4.78, 5) is 58.3. The summed E-state index contributed by atoms with van der Waals surface area (Å²) in [7, 11) is 4.39. The molecule has 0 amide bonds. The van der Waals surface area contributed by atoms with Crippen molar-refractivity contribution in [2.45, 2.75) is 60.8 Å². The van der Waals surface area contributed by atoms with E-state index in [-0.39, 0.29) is 51.8 Å². The molecule has 6 aromatic heterocycles. The second kappa shape index (κ2) is 25.7. The molecule has 0 radical (unpaired) electrons. The molecule has 0 aliphatic rings. The zero-order valence-corrected chi connectivity index (χ0v) is 46.6. The molecule has 6 N–H and O–H groups in total. The van der Waals surface area contributed by atoms with Crippen molar-refractivity contribution >= 4 is 50.9 Å². The summed E-state index contributed by atoms with van der Waals surface area (Å²) in [6.07, 6.45) is 18.4. The van der Waals surface area contributed by atoms with Gasteiger partial charge in [-0.2, -0.15) is 0 Å². The molecule has 0 saturated heterocycles. The number of allylic oxidation sites excluding steroid dienone is 6. The van der Waals surface area contributed by atoms with Gasteiger partial charge in [0.15, 0.2) is 0 Å². The van der Waals surface area contributed by atoms with E-state index in [1.165, 1.54) is 42.1 Å². The van der Waals surface area contributed by atoms with Crippen molar-refractivity contribution in [1.82, 2.24) is 44.1 Å². The molecule has 6 heterocycles. The predicted octanol–water partition coefficient (Wildman–Crippen LogP) is 10.4. The van der Waals surface area contributed by atoms with E-state index in [9.17, 15) is 30.0 Å². The quantitative estimate of drug-likeness (QED) is 0.0319. The van der Waals surface area contributed by atoms with E-state index in [1.807, 2.05) is 130 Å². The van der Waals surface area contributed by atoms with Gasteiger partial charge in [0.05, 0.1) is 37.9 Å².